The van der Waals surface area contributed by atoms with Gasteiger partial charge >= 0.3 is 0 Å². The lowest BCUT2D eigenvalue weighted by atomic mass is 10.2. The maximum absolute atomic E-state index is 12.1. The summed E-state index contributed by atoms with van der Waals surface area (Å²) in [6.45, 7) is 3.88. The summed E-state index contributed by atoms with van der Waals surface area (Å²) in [7, 11) is -3.41. The first-order valence-corrected chi connectivity index (χ1v) is 8.41. The van der Waals surface area contributed by atoms with Gasteiger partial charge in [0.05, 0.1) is 11.9 Å². The van der Waals surface area contributed by atoms with E-state index in [1.54, 1.807) is 36.4 Å². The standard InChI is InChI=1S/C16H19NO3S/c1-13(2)20-16-10-8-15(9-11-16)17-21(18,19)12-14-6-4-3-5-7-14/h3-11,13,17H,12H2,1-2H3. The first-order valence-electron chi connectivity index (χ1n) is 6.76. The lowest BCUT2D eigenvalue weighted by Crippen LogP contribution is -2.15. The maximum atomic E-state index is 12.1. The Hall–Kier alpha value is -2.01. The number of benzene rings is 2. The van der Waals surface area contributed by atoms with Gasteiger partial charge in [-0.25, -0.2) is 8.42 Å². The molecule has 2 rings (SSSR count). The van der Waals surface area contributed by atoms with Crippen LogP contribution in [-0.4, -0.2) is 14.5 Å². The van der Waals surface area contributed by atoms with E-state index in [1.807, 2.05) is 32.0 Å². The normalized spacial score (nSPS) is 11.4. The van der Waals surface area contributed by atoms with Crippen LogP contribution in [0, 0.1) is 0 Å². The minimum atomic E-state index is -3.41. The summed E-state index contributed by atoms with van der Waals surface area (Å²) in [5.74, 6) is 0.675. The largest absolute Gasteiger partial charge is 0.491 e. The Balaban J connectivity index is 2.03. The minimum Gasteiger partial charge on any atom is -0.491 e. The van der Waals surface area contributed by atoms with E-state index in [0.717, 1.165) is 11.3 Å². The van der Waals surface area contributed by atoms with Crippen LogP contribution in [0.3, 0.4) is 0 Å². The van der Waals surface area contributed by atoms with Crippen molar-refractivity contribution in [2.24, 2.45) is 0 Å². The van der Waals surface area contributed by atoms with Crippen molar-refractivity contribution in [3.63, 3.8) is 0 Å². The molecule has 0 aliphatic rings. The fourth-order valence-electron chi connectivity index (χ4n) is 1.88. The van der Waals surface area contributed by atoms with Gasteiger partial charge in [-0.05, 0) is 43.7 Å². The molecule has 0 bridgehead atoms. The van der Waals surface area contributed by atoms with E-state index in [9.17, 15) is 8.42 Å². The monoisotopic (exact) mass is 305 g/mol. The van der Waals surface area contributed by atoms with Crippen molar-refractivity contribution < 1.29 is 13.2 Å². The number of nitrogens with one attached hydrogen (secondary N) is 1. The molecule has 5 heteroatoms. The summed E-state index contributed by atoms with van der Waals surface area (Å²) < 4.78 is 32.3. The molecule has 0 saturated heterocycles. The number of ether oxygens (including phenoxy) is 1. The highest BCUT2D eigenvalue weighted by molar-refractivity contribution is 7.91. The molecule has 112 valence electrons. The fourth-order valence-corrected chi connectivity index (χ4v) is 3.08. The van der Waals surface area contributed by atoms with Crippen LogP contribution in [0.15, 0.2) is 54.6 Å². The van der Waals surface area contributed by atoms with E-state index in [-0.39, 0.29) is 11.9 Å². The summed E-state index contributed by atoms with van der Waals surface area (Å²) in [5.41, 5.74) is 1.28. The van der Waals surface area contributed by atoms with E-state index in [0.29, 0.717) is 5.69 Å². The second-order valence-electron chi connectivity index (χ2n) is 5.04. The summed E-state index contributed by atoms with van der Waals surface area (Å²) in [6.07, 6.45) is 0.0885. The number of anilines is 1. The Bertz CT molecular complexity index is 664. The molecule has 0 aliphatic heterocycles. The molecule has 4 nitrogen and oxygen atoms in total. The lowest BCUT2D eigenvalue weighted by Gasteiger charge is -2.11. The SMILES string of the molecule is CC(C)Oc1ccc(NS(=O)(=O)Cc2ccccc2)cc1. The summed E-state index contributed by atoms with van der Waals surface area (Å²) in [5, 5.41) is 0. The van der Waals surface area contributed by atoms with Crippen LogP contribution in [0.5, 0.6) is 5.75 Å². The highest BCUT2D eigenvalue weighted by atomic mass is 32.2. The van der Waals surface area contributed by atoms with Gasteiger partial charge in [-0.2, -0.15) is 0 Å². The average Bonchev–Trinajstić information content (AvgIpc) is 2.40. The van der Waals surface area contributed by atoms with Gasteiger partial charge < -0.3 is 4.74 Å². The maximum Gasteiger partial charge on any atom is 0.236 e. The Labute approximate surface area is 125 Å². The first kappa shape index (κ1) is 15.4. The predicted octanol–water partition coefficient (Wildman–Crippen LogP) is 3.42. The molecule has 0 heterocycles. The predicted molar refractivity (Wildman–Crippen MR) is 84.9 cm³/mol. The van der Waals surface area contributed by atoms with Gasteiger partial charge in [0.1, 0.15) is 5.75 Å². The zero-order valence-electron chi connectivity index (χ0n) is 12.1. The van der Waals surface area contributed by atoms with Gasteiger partial charge in [-0.15, -0.1) is 0 Å². The van der Waals surface area contributed by atoms with Crippen LogP contribution < -0.4 is 9.46 Å². The average molecular weight is 305 g/mol. The molecular formula is C16H19NO3S. The smallest absolute Gasteiger partial charge is 0.236 e. The van der Waals surface area contributed by atoms with Crippen LogP contribution in [0.4, 0.5) is 5.69 Å². The summed E-state index contributed by atoms with van der Waals surface area (Å²) in [6, 6.07) is 16.0. The molecule has 0 aromatic heterocycles. The van der Waals surface area contributed by atoms with Crippen LogP contribution in [0.1, 0.15) is 19.4 Å². The van der Waals surface area contributed by atoms with Crippen molar-refractivity contribution in [3.8, 4) is 5.75 Å². The van der Waals surface area contributed by atoms with Crippen molar-refractivity contribution >= 4 is 15.7 Å². The van der Waals surface area contributed by atoms with Crippen LogP contribution in [0.25, 0.3) is 0 Å². The Kier molecular flexibility index (Phi) is 4.85. The summed E-state index contributed by atoms with van der Waals surface area (Å²) in [4.78, 5) is 0. The zero-order chi connectivity index (χ0) is 15.3. The zero-order valence-corrected chi connectivity index (χ0v) is 12.9. The topological polar surface area (TPSA) is 55.4 Å². The molecule has 1 N–H and O–H groups in total. The van der Waals surface area contributed by atoms with E-state index < -0.39 is 10.0 Å². The third-order valence-electron chi connectivity index (χ3n) is 2.70. The molecule has 0 unspecified atom stereocenters. The molecule has 21 heavy (non-hydrogen) atoms. The Morgan fingerprint density at radius 2 is 1.62 bits per heavy atom. The minimum absolute atomic E-state index is 0.0436. The number of hydrogen-bond acceptors (Lipinski definition) is 3. The molecule has 0 aliphatic carbocycles. The van der Waals surface area contributed by atoms with Crippen molar-refractivity contribution in [1.82, 2.24) is 0 Å². The lowest BCUT2D eigenvalue weighted by molar-refractivity contribution is 0.242. The van der Waals surface area contributed by atoms with Crippen LogP contribution >= 0.6 is 0 Å². The van der Waals surface area contributed by atoms with Crippen LogP contribution in [0.2, 0.25) is 0 Å². The van der Waals surface area contributed by atoms with Crippen molar-refractivity contribution in [3.05, 3.63) is 60.2 Å². The van der Waals surface area contributed by atoms with Gasteiger partial charge in [-0.1, -0.05) is 30.3 Å². The Morgan fingerprint density at radius 1 is 1.00 bits per heavy atom. The molecule has 0 saturated carbocycles. The van der Waals surface area contributed by atoms with Gasteiger partial charge in [-0.3, -0.25) is 4.72 Å². The quantitative estimate of drug-likeness (QED) is 0.889. The molecule has 0 amide bonds. The molecule has 0 fully saturated rings. The highest BCUT2D eigenvalue weighted by Gasteiger charge is 2.11. The second-order valence-corrected chi connectivity index (χ2v) is 6.76. The van der Waals surface area contributed by atoms with E-state index in [2.05, 4.69) is 4.72 Å². The van der Waals surface area contributed by atoms with Crippen molar-refractivity contribution in [2.45, 2.75) is 25.7 Å². The summed E-state index contributed by atoms with van der Waals surface area (Å²) >= 11 is 0. The highest BCUT2D eigenvalue weighted by Crippen LogP contribution is 2.18. The molecule has 0 radical (unpaired) electrons. The van der Waals surface area contributed by atoms with Gasteiger partial charge in [0.25, 0.3) is 0 Å². The number of hydrogen-bond donors (Lipinski definition) is 1. The molecule has 0 spiro atoms. The molecule has 2 aromatic carbocycles. The molecular weight excluding hydrogens is 286 g/mol. The number of sulfonamides is 1. The van der Waals surface area contributed by atoms with E-state index in [1.165, 1.54) is 0 Å². The van der Waals surface area contributed by atoms with Gasteiger partial charge in [0, 0.05) is 5.69 Å². The molecule has 0 atom stereocenters. The number of rotatable bonds is 6. The molecule has 2 aromatic rings. The second kappa shape index (κ2) is 6.63. The first-order chi connectivity index (χ1) is 9.94. The third kappa shape index (κ3) is 5.11. The van der Waals surface area contributed by atoms with Gasteiger partial charge in [0.2, 0.25) is 10.0 Å². The fraction of sp³-hybridized carbons (Fsp3) is 0.250. The third-order valence-corrected chi connectivity index (χ3v) is 3.96. The van der Waals surface area contributed by atoms with Crippen molar-refractivity contribution in [2.75, 3.05) is 4.72 Å². The van der Waals surface area contributed by atoms with E-state index in [4.69, 9.17) is 4.74 Å². The van der Waals surface area contributed by atoms with Crippen molar-refractivity contribution in [1.29, 1.82) is 0 Å². The Morgan fingerprint density at radius 3 is 2.19 bits per heavy atom. The van der Waals surface area contributed by atoms with E-state index >= 15 is 0 Å². The van der Waals surface area contributed by atoms with Gasteiger partial charge in [0.15, 0.2) is 0 Å². The van der Waals surface area contributed by atoms with Crippen LogP contribution in [-0.2, 0) is 15.8 Å².